The Kier molecular flexibility index (Phi) is 4.61. The number of hydrogen-bond donors (Lipinski definition) is 0. The van der Waals surface area contributed by atoms with E-state index in [1.807, 2.05) is 42.8 Å². The van der Waals surface area contributed by atoms with Gasteiger partial charge in [0.25, 0.3) is 16.1 Å². The maximum absolute atomic E-state index is 13.1. The van der Waals surface area contributed by atoms with Gasteiger partial charge in [0, 0.05) is 63.9 Å². The van der Waals surface area contributed by atoms with Crippen LogP contribution in [0.15, 0.2) is 24.3 Å². The molecule has 1 aromatic heterocycles. The molecular formula is C17H24N4O3S. The summed E-state index contributed by atoms with van der Waals surface area (Å²) in [5, 5.41) is 0.941. The lowest BCUT2D eigenvalue weighted by Crippen LogP contribution is -2.53. The van der Waals surface area contributed by atoms with Gasteiger partial charge in [-0.3, -0.25) is 4.79 Å². The highest BCUT2D eigenvalue weighted by Gasteiger charge is 2.32. The monoisotopic (exact) mass is 364 g/mol. The average molecular weight is 364 g/mol. The fraction of sp³-hybridized carbons (Fsp3) is 0.471. The van der Waals surface area contributed by atoms with E-state index in [2.05, 4.69) is 0 Å². The van der Waals surface area contributed by atoms with Crippen molar-refractivity contribution in [3.8, 4) is 0 Å². The molecule has 0 atom stereocenters. The molecule has 0 unspecified atom stereocenters. The van der Waals surface area contributed by atoms with E-state index in [9.17, 15) is 13.2 Å². The van der Waals surface area contributed by atoms with Crippen molar-refractivity contribution < 1.29 is 13.2 Å². The molecule has 0 bridgehead atoms. The van der Waals surface area contributed by atoms with Crippen LogP contribution < -0.4 is 0 Å². The van der Waals surface area contributed by atoms with E-state index in [1.165, 1.54) is 22.7 Å². The predicted octanol–water partition coefficient (Wildman–Crippen LogP) is 1.05. The molecule has 2 aromatic rings. The third-order valence-corrected chi connectivity index (χ3v) is 6.87. The lowest BCUT2D eigenvalue weighted by atomic mass is 10.1. The molecule has 2 heterocycles. The van der Waals surface area contributed by atoms with Gasteiger partial charge in [-0.15, -0.1) is 0 Å². The van der Waals surface area contributed by atoms with Crippen LogP contribution in [0.5, 0.6) is 0 Å². The van der Waals surface area contributed by atoms with Gasteiger partial charge in [-0.1, -0.05) is 18.2 Å². The zero-order valence-corrected chi connectivity index (χ0v) is 15.9. The smallest absolute Gasteiger partial charge is 0.281 e. The third-order valence-electron chi connectivity index (χ3n) is 4.93. The quantitative estimate of drug-likeness (QED) is 0.818. The van der Waals surface area contributed by atoms with Gasteiger partial charge in [0.1, 0.15) is 0 Å². The molecule has 1 amide bonds. The zero-order valence-electron chi connectivity index (χ0n) is 15.1. The average Bonchev–Trinajstić information content (AvgIpc) is 2.86. The number of amides is 1. The van der Waals surface area contributed by atoms with Gasteiger partial charge in [-0.2, -0.15) is 17.0 Å². The standard InChI is InChI=1S/C17H24N4O3S/c1-13-16(14-7-5-6-8-15(14)19(13)4)17(22)20-9-11-21(12-10-20)25(23,24)18(2)3/h5-8H,9-12H2,1-4H3. The molecule has 8 heteroatoms. The molecule has 0 N–H and O–H groups in total. The van der Waals surface area contributed by atoms with E-state index in [-0.39, 0.29) is 5.91 Å². The number of nitrogens with zero attached hydrogens (tertiary/aromatic N) is 4. The first-order valence-corrected chi connectivity index (χ1v) is 9.65. The van der Waals surface area contributed by atoms with Crippen molar-refractivity contribution in [3.05, 3.63) is 35.5 Å². The first-order valence-electron chi connectivity index (χ1n) is 8.26. The van der Waals surface area contributed by atoms with Gasteiger partial charge in [-0.05, 0) is 13.0 Å². The van der Waals surface area contributed by atoms with Crippen molar-refractivity contribution in [2.75, 3.05) is 40.3 Å². The Morgan fingerprint density at radius 2 is 1.68 bits per heavy atom. The number of aromatic nitrogens is 1. The van der Waals surface area contributed by atoms with Crippen LogP contribution >= 0.6 is 0 Å². The SMILES string of the molecule is Cc1c(C(=O)N2CCN(S(=O)(=O)N(C)C)CC2)c2ccccc2n1C. The molecule has 1 fully saturated rings. The Morgan fingerprint density at radius 1 is 1.08 bits per heavy atom. The molecule has 136 valence electrons. The highest BCUT2D eigenvalue weighted by atomic mass is 32.2. The fourth-order valence-electron chi connectivity index (χ4n) is 3.30. The van der Waals surface area contributed by atoms with Crippen molar-refractivity contribution >= 4 is 27.0 Å². The van der Waals surface area contributed by atoms with Crippen LogP contribution in [0.25, 0.3) is 10.9 Å². The Morgan fingerprint density at radius 3 is 2.28 bits per heavy atom. The summed E-state index contributed by atoms with van der Waals surface area (Å²) < 4.78 is 29.1. The Hall–Kier alpha value is -1.90. The van der Waals surface area contributed by atoms with Crippen LogP contribution in [-0.4, -0.2) is 72.7 Å². The minimum Gasteiger partial charge on any atom is -0.347 e. The van der Waals surface area contributed by atoms with Gasteiger partial charge in [0.15, 0.2) is 0 Å². The summed E-state index contributed by atoms with van der Waals surface area (Å²) in [5.41, 5.74) is 2.66. The zero-order chi connectivity index (χ0) is 18.4. The highest BCUT2D eigenvalue weighted by molar-refractivity contribution is 7.86. The number of hydrogen-bond acceptors (Lipinski definition) is 3. The lowest BCUT2D eigenvalue weighted by molar-refractivity contribution is 0.0696. The summed E-state index contributed by atoms with van der Waals surface area (Å²) in [4.78, 5) is 14.8. The first-order chi connectivity index (χ1) is 11.7. The number of piperazine rings is 1. The summed E-state index contributed by atoms with van der Waals surface area (Å²) in [5.74, 6) is -0.0313. The summed E-state index contributed by atoms with van der Waals surface area (Å²) >= 11 is 0. The lowest BCUT2D eigenvalue weighted by Gasteiger charge is -2.35. The summed E-state index contributed by atoms with van der Waals surface area (Å²) in [6.45, 7) is 3.37. The predicted molar refractivity (Wildman–Crippen MR) is 97.7 cm³/mol. The van der Waals surface area contributed by atoms with Crippen LogP contribution in [0.3, 0.4) is 0 Å². The fourth-order valence-corrected chi connectivity index (χ4v) is 4.39. The summed E-state index contributed by atoms with van der Waals surface area (Å²) in [6, 6.07) is 7.85. The van der Waals surface area contributed by atoms with E-state index < -0.39 is 10.2 Å². The number of benzene rings is 1. The van der Waals surface area contributed by atoms with Gasteiger partial charge in [0.2, 0.25) is 0 Å². The number of carbonyl (C=O) groups is 1. The van der Waals surface area contributed by atoms with Crippen LogP contribution in [-0.2, 0) is 17.3 Å². The molecule has 1 aliphatic rings. The number of aryl methyl sites for hydroxylation is 1. The van der Waals surface area contributed by atoms with Crippen molar-refractivity contribution in [3.63, 3.8) is 0 Å². The van der Waals surface area contributed by atoms with E-state index >= 15 is 0 Å². The van der Waals surface area contributed by atoms with Crippen molar-refractivity contribution in [2.45, 2.75) is 6.92 Å². The molecule has 25 heavy (non-hydrogen) atoms. The van der Waals surface area contributed by atoms with Gasteiger partial charge in [0.05, 0.1) is 5.56 Å². The molecule has 0 saturated carbocycles. The molecule has 0 spiro atoms. The Labute approximate surface area is 148 Å². The van der Waals surface area contributed by atoms with Gasteiger partial charge in [-0.25, -0.2) is 0 Å². The van der Waals surface area contributed by atoms with Crippen molar-refractivity contribution in [1.82, 2.24) is 18.1 Å². The molecule has 7 nitrogen and oxygen atoms in total. The van der Waals surface area contributed by atoms with E-state index in [4.69, 9.17) is 0 Å². The number of fused-ring (bicyclic) bond motifs is 1. The summed E-state index contributed by atoms with van der Waals surface area (Å²) in [6.07, 6.45) is 0. The first kappa shape index (κ1) is 17.9. The third kappa shape index (κ3) is 2.94. The second kappa shape index (κ2) is 6.44. The van der Waals surface area contributed by atoms with E-state index in [1.54, 1.807) is 4.90 Å². The van der Waals surface area contributed by atoms with Gasteiger partial charge < -0.3 is 9.47 Å². The topological polar surface area (TPSA) is 65.9 Å². The van der Waals surface area contributed by atoms with Crippen LogP contribution in [0.2, 0.25) is 0 Å². The van der Waals surface area contributed by atoms with E-state index in [0.717, 1.165) is 16.6 Å². The van der Waals surface area contributed by atoms with E-state index in [0.29, 0.717) is 31.7 Å². The minimum atomic E-state index is -3.43. The summed E-state index contributed by atoms with van der Waals surface area (Å²) in [7, 11) is 1.57. The van der Waals surface area contributed by atoms with Crippen LogP contribution in [0.4, 0.5) is 0 Å². The minimum absolute atomic E-state index is 0.0313. The molecular weight excluding hydrogens is 340 g/mol. The molecule has 1 aliphatic heterocycles. The largest absolute Gasteiger partial charge is 0.347 e. The Balaban J connectivity index is 1.84. The number of para-hydroxylation sites is 1. The normalized spacial score (nSPS) is 16.8. The maximum atomic E-state index is 13.1. The van der Waals surface area contributed by atoms with Gasteiger partial charge >= 0.3 is 0 Å². The van der Waals surface area contributed by atoms with Crippen molar-refractivity contribution in [2.24, 2.45) is 7.05 Å². The maximum Gasteiger partial charge on any atom is 0.281 e. The van der Waals surface area contributed by atoms with Crippen LogP contribution in [0, 0.1) is 6.92 Å². The number of rotatable bonds is 3. The molecule has 1 saturated heterocycles. The van der Waals surface area contributed by atoms with Crippen LogP contribution in [0.1, 0.15) is 16.1 Å². The molecule has 0 aliphatic carbocycles. The molecule has 1 aromatic carbocycles. The highest BCUT2D eigenvalue weighted by Crippen LogP contribution is 2.26. The Bertz CT molecular complexity index is 909. The molecule has 3 rings (SSSR count). The molecule has 0 radical (unpaired) electrons. The second-order valence-corrected chi connectivity index (χ2v) is 8.66. The van der Waals surface area contributed by atoms with Crippen molar-refractivity contribution in [1.29, 1.82) is 0 Å². The second-order valence-electron chi connectivity index (χ2n) is 6.52. The number of carbonyl (C=O) groups excluding carboxylic acids is 1.